The van der Waals surface area contributed by atoms with Crippen molar-refractivity contribution in [1.29, 1.82) is 0 Å². The van der Waals surface area contributed by atoms with E-state index in [1.54, 1.807) is 0 Å². The second kappa shape index (κ2) is 5.82. The van der Waals surface area contributed by atoms with Crippen molar-refractivity contribution in [1.82, 2.24) is 5.32 Å². The van der Waals surface area contributed by atoms with Crippen LogP contribution in [0, 0.1) is 12.8 Å². The van der Waals surface area contributed by atoms with Crippen molar-refractivity contribution in [2.45, 2.75) is 39.8 Å². The molecule has 3 nitrogen and oxygen atoms in total. The van der Waals surface area contributed by atoms with E-state index >= 15 is 0 Å². The second-order valence-electron chi connectivity index (χ2n) is 4.91. The molecule has 1 unspecified atom stereocenters. The van der Waals surface area contributed by atoms with Gasteiger partial charge in [0.25, 0.3) is 0 Å². The lowest BCUT2D eigenvalue weighted by molar-refractivity contribution is -0.123. The highest BCUT2D eigenvalue weighted by atomic mass is 16.2. The van der Waals surface area contributed by atoms with Gasteiger partial charge in [0.1, 0.15) is 0 Å². The van der Waals surface area contributed by atoms with E-state index in [0.29, 0.717) is 0 Å². The Morgan fingerprint density at radius 2 is 1.71 bits per heavy atom. The molecule has 17 heavy (non-hydrogen) atoms. The minimum absolute atomic E-state index is 0.00657. The Bertz CT molecular complexity index is 370. The molecule has 2 atom stereocenters. The van der Waals surface area contributed by atoms with Gasteiger partial charge in [0.05, 0.1) is 12.1 Å². The Balaban J connectivity index is 2.63. The SMILES string of the molecule is Cc1ccc(C(C)NC(=O)[C@H](N)C(C)C)cc1. The standard InChI is InChI=1S/C14H22N2O/c1-9(2)13(15)14(17)16-11(4)12-7-5-10(3)6-8-12/h5-9,11,13H,15H2,1-4H3,(H,16,17)/t11?,13-/m1/s1. The number of hydrogen-bond donors (Lipinski definition) is 2. The monoisotopic (exact) mass is 234 g/mol. The maximum atomic E-state index is 11.8. The summed E-state index contributed by atoms with van der Waals surface area (Å²) in [6.45, 7) is 7.90. The number of rotatable bonds is 4. The molecular weight excluding hydrogens is 212 g/mol. The number of aryl methyl sites for hydroxylation is 1. The van der Waals surface area contributed by atoms with Crippen LogP contribution in [-0.2, 0) is 4.79 Å². The molecule has 0 fully saturated rings. The molecule has 0 aromatic heterocycles. The maximum absolute atomic E-state index is 11.8. The van der Waals surface area contributed by atoms with E-state index in [2.05, 4.69) is 5.32 Å². The van der Waals surface area contributed by atoms with Gasteiger partial charge in [-0.15, -0.1) is 0 Å². The van der Waals surface area contributed by atoms with E-state index in [4.69, 9.17) is 5.73 Å². The average Bonchev–Trinajstić information content (AvgIpc) is 2.28. The summed E-state index contributed by atoms with van der Waals surface area (Å²) in [5.74, 6) is 0.0632. The fourth-order valence-corrected chi connectivity index (χ4v) is 1.55. The highest BCUT2D eigenvalue weighted by Crippen LogP contribution is 2.13. The molecule has 1 rings (SSSR count). The minimum Gasteiger partial charge on any atom is -0.348 e. The van der Waals surface area contributed by atoms with Crippen molar-refractivity contribution in [3.63, 3.8) is 0 Å². The number of amides is 1. The van der Waals surface area contributed by atoms with Gasteiger partial charge in [-0.1, -0.05) is 43.7 Å². The van der Waals surface area contributed by atoms with Gasteiger partial charge in [0.2, 0.25) is 5.91 Å². The molecule has 0 saturated heterocycles. The molecule has 0 heterocycles. The predicted octanol–water partition coefficient (Wildman–Crippen LogP) is 2.16. The van der Waals surface area contributed by atoms with Gasteiger partial charge in [-0.25, -0.2) is 0 Å². The van der Waals surface area contributed by atoms with E-state index in [-0.39, 0.29) is 17.9 Å². The predicted molar refractivity (Wildman–Crippen MR) is 70.6 cm³/mol. The molecule has 1 aromatic carbocycles. The fourth-order valence-electron chi connectivity index (χ4n) is 1.55. The molecule has 1 aromatic rings. The van der Waals surface area contributed by atoms with Crippen LogP contribution in [0.3, 0.4) is 0 Å². The van der Waals surface area contributed by atoms with Gasteiger partial charge in [0.15, 0.2) is 0 Å². The Morgan fingerprint density at radius 3 is 2.18 bits per heavy atom. The van der Waals surface area contributed by atoms with Crippen LogP contribution in [0.15, 0.2) is 24.3 Å². The van der Waals surface area contributed by atoms with Crippen LogP contribution in [-0.4, -0.2) is 11.9 Å². The van der Waals surface area contributed by atoms with Crippen LogP contribution >= 0.6 is 0 Å². The van der Waals surface area contributed by atoms with E-state index in [1.165, 1.54) is 5.56 Å². The first-order valence-corrected chi connectivity index (χ1v) is 6.04. The lowest BCUT2D eigenvalue weighted by Gasteiger charge is -2.20. The maximum Gasteiger partial charge on any atom is 0.237 e. The first-order valence-electron chi connectivity index (χ1n) is 6.04. The molecule has 94 valence electrons. The molecule has 0 aliphatic heterocycles. The van der Waals surface area contributed by atoms with Crippen LogP contribution in [0.25, 0.3) is 0 Å². The van der Waals surface area contributed by atoms with Gasteiger partial charge in [-0.3, -0.25) is 4.79 Å². The highest BCUT2D eigenvalue weighted by Gasteiger charge is 2.19. The van der Waals surface area contributed by atoms with Crippen LogP contribution in [0.1, 0.15) is 37.9 Å². The van der Waals surface area contributed by atoms with Crippen molar-refractivity contribution in [3.8, 4) is 0 Å². The summed E-state index contributed by atoms with van der Waals surface area (Å²) in [4.78, 5) is 11.8. The van der Waals surface area contributed by atoms with Crippen molar-refractivity contribution < 1.29 is 4.79 Å². The van der Waals surface area contributed by atoms with Crippen molar-refractivity contribution >= 4 is 5.91 Å². The van der Waals surface area contributed by atoms with Crippen LogP contribution in [0.4, 0.5) is 0 Å². The molecule has 0 aliphatic carbocycles. The Hall–Kier alpha value is -1.35. The summed E-state index contributed by atoms with van der Waals surface area (Å²) in [6, 6.07) is 7.69. The topological polar surface area (TPSA) is 55.1 Å². The largest absolute Gasteiger partial charge is 0.348 e. The zero-order valence-corrected chi connectivity index (χ0v) is 11.0. The van der Waals surface area contributed by atoms with Gasteiger partial charge >= 0.3 is 0 Å². The molecule has 3 heteroatoms. The number of nitrogens with two attached hydrogens (primary N) is 1. The van der Waals surface area contributed by atoms with E-state index in [0.717, 1.165) is 5.56 Å². The van der Waals surface area contributed by atoms with Gasteiger partial charge < -0.3 is 11.1 Å². The molecule has 3 N–H and O–H groups in total. The molecule has 0 bridgehead atoms. The van der Waals surface area contributed by atoms with Crippen molar-refractivity contribution in [2.24, 2.45) is 11.7 Å². The zero-order valence-electron chi connectivity index (χ0n) is 11.0. The van der Waals surface area contributed by atoms with Crippen molar-refractivity contribution in [2.75, 3.05) is 0 Å². The van der Waals surface area contributed by atoms with E-state index in [1.807, 2.05) is 52.0 Å². The smallest absolute Gasteiger partial charge is 0.237 e. The third-order valence-corrected chi connectivity index (χ3v) is 2.96. The minimum atomic E-state index is -0.442. The van der Waals surface area contributed by atoms with Crippen LogP contribution in [0.2, 0.25) is 0 Å². The van der Waals surface area contributed by atoms with Gasteiger partial charge in [-0.2, -0.15) is 0 Å². The first-order chi connectivity index (χ1) is 7.91. The van der Waals surface area contributed by atoms with E-state index in [9.17, 15) is 4.79 Å². The number of hydrogen-bond acceptors (Lipinski definition) is 2. The summed E-state index contributed by atoms with van der Waals surface area (Å²) in [7, 11) is 0. The van der Waals surface area contributed by atoms with E-state index < -0.39 is 6.04 Å². The number of carbonyl (C=O) groups is 1. The van der Waals surface area contributed by atoms with Crippen LogP contribution < -0.4 is 11.1 Å². The molecule has 0 radical (unpaired) electrons. The number of nitrogens with one attached hydrogen (secondary N) is 1. The third-order valence-electron chi connectivity index (χ3n) is 2.96. The number of benzene rings is 1. The second-order valence-corrected chi connectivity index (χ2v) is 4.91. The van der Waals surface area contributed by atoms with Crippen molar-refractivity contribution in [3.05, 3.63) is 35.4 Å². The third kappa shape index (κ3) is 3.86. The summed E-state index contributed by atoms with van der Waals surface area (Å²) in [6.07, 6.45) is 0. The average molecular weight is 234 g/mol. The summed E-state index contributed by atoms with van der Waals surface area (Å²) in [5, 5.41) is 2.93. The summed E-state index contributed by atoms with van der Waals surface area (Å²) in [5.41, 5.74) is 8.11. The zero-order chi connectivity index (χ0) is 13.0. The van der Waals surface area contributed by atoms with Gasteiger partial charge in [0, 0.05) is 0 Å². The Labute approximate surface area is 103 Å². The highest BCUT2D eigenvalue weighted by molar-refractivity contribution is 5.82. The fraction of sp³-hybridized carbons (Fsp3) is 0.500. The summed E-state index contributed by atoms with van der Waals surface area (Å²) >= 11 is 0. The summed E-state index contributed by atoms with van der Waals surface area (Å²) < 4.78 is 0. The molecule has 1 amide bonds. The first kappa shape index (κ1) is 13.7. The Morgan fingerprint density at radius 1 is 1.18 bits per heavy atom. The lowest BCUT2D eigenvalue weighted by Crippen LogP contribution is -2.44. The van der Waals surface area contributed by atoms with Crippen LogP contribution in [0.5, 0.6) is 0 Å². The molecule has 0 aliphatic rings. The molecule has 0 saturated carbocycles. The lowest BCUT2D eigenvalue weighted by atomic mass is 10.0. The normalized spacial score (nSPS) is 14.5. The quantitative estimate of drug-likeness (QED) is 0.838. The Kier molecular flexibility index (Phi) is 4.70. The van der Waals surface area contributed by atoms with Gasteiger partial charge in [-0.05, 0) is 25.3 Å². The molecular formula is C14H22N2O. The molecule has 0 spiro atoms. The number of carbonyl (C=O) groups excluding carboxylic acids is 1.